The fraction of sp³-hybridized carbons (Fsp3) is 0.296. The van der Waals surface area contributed by atoms with Crippen molar-refractivity contribution in [2.24, 2.45) is 0 Å². The van der Waals surface area contributed by atoms with Crippen LogP contribution in [-0.4, -0.2) is 68.3 Å². The van der Waals surface area contributed by atoms with Crippen molar-refractivity contribution in [3.8, 4) is 0 Å². The quantitative estimate of drug-likeness (QED) is 0.326. The number of carboxylic acids is 1. The highest BCUT2D eigenvalue weighted by atomic mass is 35.5. The van der Waals surface area contributed by atoms with Gasteiger partial charge in [0, 0.05) is 56.1 Å². The highest BCUT2D eigenvalue weighted by Gasteiger charge is 2.33. The molecule has 0 atom stereocenters. The number of amides is 1. The van der Waals surface area contributed by atoms with Gasteiger partial charge in [-0.05, 0) is 49.2 Å². The molecule has 2 aromatic heterocycles. The number of fused-ring (bicyclic) bond motifs is 1. The number of pyridine rings is 1. The van der Waals surface area contributed by atoms with E-state index >= 15 is 0 Å². The van der Waals surface area contributed by atoms with Crippen LogP contribution in [0, 0.1) is 6.92 Å². The summed E-state index contributed by atoms with van der Waals surface area (Å²) >= 11 is 12.7. The first-order valence-corrected chi connectivity index (χ1v) is 14.1. The van der Waals surface area contributed by atoms with Crippen molar-refractivity contribution in [3.05, 3.63) is 74.0 Å². The van der Waals surface area contributed by atoms with Crippen LogP contribution < -0.4 is 15.4 Å². The standard InChI is InChI=1S/C27H26ClN5O4S2/c1-17-5-3-9-32-23(17)29-24(31-13-11-30(12-14-31)19-7-2-6-18(28)15-19)20(25(32)36)16-21-26(37)33(27(38)39-21)10-4-8-22(34)35/h2-3,5-7,9,15-16H,4,8,10-14H2,1H3,(H,34,35)/b21-16-. The third-order valence-electron chi connectivity index (χ3n) is 6.74. The molecule has 0 radical (unpaired) electrons. The molecule has 2 aliphatic rings. The number of benzene rings is 1. The molecular weight excluding hydrogens is 558 g/mol. The number of thiocarbonyl (C=S) groups is 1. The van der Waals surface area contributed by atoms with Gasteiger partial charge in [-0.2, -0.15) is 0 Å². The van der Waals surface area contributed by atoms with E-state index < -0.39 is 5.97 Å². The van der Waals surface area contributed by atoms with E-state index in [-0.39, 0.29) is 30.9 Å². The summed E-state index contributed by atoms with van der Waals surface area (Å²) in [5, 5.41) is 9.62. The molecule has 1 aromatic carbocycles. The summed E-state index contributed by atoms with van der Waals surface area (Å²) in [4.78, 5) is 48.8. The summed E-state index contributed by atoms with van der Waals surface area (Å²) in [5.41, 5.74) is 2.52. The Morgan fingerprint density at radius 1 is 1.15 bits per heavy atom. The molecule has 1 N–H and O–H groups in total. The number of rotatable bonds is 7. The number of carboxylic acid groups (broad SMARTS) is 1. The Kier molecular flexibility index (Phi) is 7.92. The third-order valence-corrected chi connectivity index (χ3v) is 8.35. The number of carbonyl (C=O) groups excluding carboxylic acids is 1. The Hall–Kier alpha value is -3.41. The average Bonchev–Trinajstić information content (AvgIpc) is 3.18. The lowest BCUT2D eigenvalue weighted by molar-refractivity contribution is -0.137. The number of nitrogens with zero attached hydrogens (tertiary/aromatic N) is 5. The molecule has 12 heteroatoms. The molecular formula is C27H26ClN5O4S2. The number of piperazine rings is 1. The number of carbonyl (C=O) groups is 2. The second-order valence-electron chi connectivity index (χ2n) is 9.32. The Morgan fingerprint density at radius 3 is 2.62 bits per heavy atom. The molecule has 0 saturated carbocycles. The van der Waals surface area contributed by atoms with Gasteiger partial charge in [-0.1, -0.05) is 47.7 Å². The summed E-state index contributed by atoms with van der Waals surface area (Å²) in [5.74, 6) is -0.737. The highest BCUT2D eigenvalue weighted by molar-refractivity contribution is 8.26. The van der Waals surface area contributed by atoms with Gasteiger partial charge in [0.1, 0.15) is 15.8 Å². The van der Waals surface area contributed by atoms with Crippen LogP contribution in [0.3, 0.4) is 0 Å². The molecule has 2 fully saturated rings. The van der Waals surface area contributed by atoms with Gasteiger partial charge in [0.2, 0.25) is 0 Å². The Bertz CT molecular complexity index is 1570. The lowest BCUT2D eigenvalue weighted by atomic mass is 10.2. The zero-order valence-electron chi connectivity index (χ0n) is 21.2. The summed E-state index contributed by atoms with van der Waals surface area (Å²) in [7, 11) is 0. The number of hydrogen-bond donors (Lipinski definition) is 1. The molecule has 0 unspecified atom stereocenters. The number of aryl methyl sites for hydroxylation is 1. The second-order valence-corrected chi connectivity index (χ2v) is 11.4. The molecule has 2 aliphatic heterocycles. The Morgan fingerprint density at radius 2 is 1.90 bits per heavy atom. The number of halogens is 1. The van der Waals surface area contributed by atoms with E-state index in [4.69, 9.17) is 33.9 Å². The second kappa shape index (κ2) is 11.4. The van der Waals surface area contributed by atoms with E-state index in [1.807, 2.05) is 37.3 Å². The summed E-state index contributed by atoms with van der Waals surface area (Å²) in [6, 6.07) is 11.4. The van der Waals surface area contributed by atoms with Crippen LogP contribution in [0.2, 0.25) is 5.02 Å². The van der Waals surface area contributed by atoms with Crippen LogP contribution in [-0.2, 0) is 9.59 Å². The van der Waals surface area contributed by atoms with Crippen molar-refractivity contribution in [2.75, 3.05) is 42.5 Å². The zero-order chi connectivity index (χ0) is 27.7. The monoisotopic (exact) mass is 583 g/mol. The molecule has 3 aromatic rings. The average molecular weight is 584 g/mol. The van der Waals surface area contributed by atoms with Crippen molar-refractivity contribution in [1.29, 1.82) is 0 Å². The molecule has 39 heavy (non-hydrogen) atoms. The van der Waals surface area contributed by atoms with Gasteiger partial charge in [-0.15, -0.1) is 0 Å². The van der Waals surface area contributed by atoms with Crippen LogP contribution >= 0.6 is 35.6 Å². The topological polar surface area (TPSA) is 98.5 Å². The Labute approximate surface area is 239 Å². The molecule has 5 rings (SSSR count). The summed E-state index contributed by atoms with van der Waals surface area (Å²) in [6.45, 7) is 4.78. The van der Waals surface area contributed by atoms with Crippen LogP contribution in [0.25, 0.3) is 11.7 Å². The van der Waals surface area contributed by atoms with Crippen molar-refractivity contribution < 1.29 is 14.7 Å². The first kappa shape index (κ1) is 27.2. The maximum Gasteiger partial charge on any atom is 0.303 e. The molecule has 0 bridgehead atoms. The van der Waals surface area contributed by atoms with E-state index in [0.29, 0.717) is 57.5 Å². The van der Waals surface area contributed by atoms with Crippen LogP contribution in [0.15, 0.2) is 52.3 Å². The van der Waals surface area contributed by atoms with Gasteiger partial charge in [0.05, 0.1) is 10.5 Å². The summed E-state index contributed by atoms with van der Waals surface area (Å²) in [6.07, 6.45) is 3.49. The maximum atomic E-state index is 13.8. The molecule has 1 amide bonds. The largest absolute Gasteiger partial charge is 0.481 e. The maximum absolute atomic E-state index is 13.8. The molecule has 2 saturated heterocycles. The van der Waals surface area contributed by atoms with Gasteiger partial charge in [-0.3, -0.25) is 23.7 Å². The zero-order valence-corrected chi connectivity index (χ0v) is 23.6. The van der Waals surface area contributed by atoms with Gasteiger partial charge in [-0.25, -0.2) is 4.98 Å². The minimum Gasteiger partial charge on any atom is -0.481 e. The number of anilines is 2. The first-order valence-electron chi connectivity index (χ1n) is 12.5. The highest BCUT2D eigenvalue weighted by Crippen LogP contribution is 2.34. The van der Waals surface area contributed by atoms with Gasteiger partial charge in [0.25, 0.3) is 11.5 Å². The predicted octanol–water partition coefficient (Wildman–Crippen LogP) is 4.05. The third kappa shape index (κ3) is 5.66. The van der Waals surface area contributed by atoms with Crippen molar-refractivity contribution in [2.45, 2.75) is 19.8 Å². The predicted molar refractivity (Wildman–Crippen MR) is 159 cm³/mol. The van der Waals surface area contributed by atoms with Gasteiger partial charge >= 0.3 is 5.97 Å². The Balaban J connectivity index is 1.49. The van der Waals surface area contributed by atoms with Crippen molar-refractivity contribution in [1.82, 2.24) is 14.3 Å². The molecule has 0 aliphatic carbocycles. The number of aliphatic carboxylic acids is 1. The number of aromatic nitrogens is 2. The molecule has 202 valence electrons. The summed E-state index contributed by atoms with van der Waals surface area (Å²) < 4.78 is 1.85. The van der Waals surface area contributed by atoms with E-state index in [1.54, 1.807) is 18.3 Å². The molecule has 9 nitrogen and oxygen atoms in total. The van der Waals surface area contributed by atoms with E-state index in [9.17, 15) is 14.4 Å². The van der Waals surface area contributed by atoms with Crippen molar-refractivity contribution >= 4 is 75.0 Å². The SMILES string of the molecule is Cc1cccn2c(=O)c(/C=C3\SC(=S)N(CCCC(=O)O)C3=O)c(N3CCN(c4cccc(Cl)c4)CC3)nc12. The minimum absolute atomic E-state index is 0.0588. The van der Waals surface area contributed by atoms with Crippen molar-refractivity contribution in [3.63, 3.8) is 0 Å². The number of thioether (sulfide) groups is 1. The first-order chi connectivity index (χ1) is 18.7. The van der Waals surface area contributed by atoms with Crippen LogP contribution in [0.5, 0.6) is 0 Å². The normalized spacial score (nSPS) is 17.1. The molecule has 0 spiro atoms. The van der Waals surface area contributed by atoms with E-state index in [2.05, 4.69) is 9.80 Å². The van der Waals surface area contributed by atoms with E-state index in [1.165, 1.54) is 9.30 Å². The fourth-order valence-electron chi connectivity index (χ4n) is 4.73. The number of hydrogen-bond acceptors (Lipinski definition) is 8. The lowest BCUT2D eigenvalue weighted by Gasteiger charge is -2.37. The van der Waals surface area contributed by atoms with Gasteiger partial charge < -0.3 is 14.9 Å². The van der Waals surface area contributed by atoms with E-state index in [0.717, 1.165) is 23.0 Å². The van der Waals surface area contributed by atoms with Gasteiger partial charge in [0.15, 0.2) is 0 Å². The lowest BCUT2D eigenvalue weighted by Crippen LogP contribution is -2.47. The smallest absolute Gasteiger partial charge is 0.303 e. The van der Waals surface area contributed by atoms with Crippen LogP contribution in [0.4, 0.5) is 11.5 Å². The minimum atomic E-state index is -0.929. The molecule has 4 heterocycles. The fourth-order valence-corrected chi connectivity index (χ4v) is 6.20. The van der Waals surface area contributed by atoms with Crippen LogP contribution in [0.1, 0.15) is 24.0 Å².